The number of rotatable bonds is 15. The van der Waals surface area contributed by atoms with E-state index in [4.69, 9.17) is 13.6 Å². The molecule has 0 bridgehead atoms. The zero-order valence-electron chi connectivity index (χ0n) is 23.3. The Labute approximate surface area is 240 Å². The molecule has 0 spiro atoms. The molecule has 0 unspecified atom stereocenters. The second-order valence-electron chi connectivity index (χ2n) is 9.33. The van der Waals surface area contributed by atoms with Crippen molar-refractivity contribution in [3.05, 3.63) is 108 Å². The van der Waals surface area contributed by atoms with Gasteiger partial charge in [0.05, 0.1) is 37.9 Å². The van der Waals surface area contributed by atoms with Gasteiger partial charge in [-0.1, -0.05) is 91.0 Å². The van der Waals surface area contributed by atoms with Crippen LogP contribution < -0.4 is 16.0 Å². The summed E-state index contributed by atoms with van der Waals surface area (Å²) < 4.78 is 31.5. The average molecular weight is 582 g/mol. The van der Waals surface area contributed by atoms with Gasteiger partial charge in [-0.05, 0) is 16.7 Å². The molecule has 0 saturated heterocycles. The molecule has 0 aliphatic rings. The van der Waals surface area contributed by atoms with Gasteiger partial charge in [-0.3, -0.25) is 28.0 Å². The molecule has 3 amide bonds. The highest BCUT2D eigenvalue weighted by atomic mass is 31.2. The lowest BCUT2D eigenvalue weighted by Crippen LogP contribution is -2.32. The van der Waals surface area contributed by atoms with Crippen molar-refractivity contribution < 1.29 is 32.5 Å². The molecule has 11 heteroatoms. The predicted molar refractivity (Wildman–Crippen MR) is 154 cm³/mol. The third-order valence-corrected chi connectivity index (χ3v) is 7.33. The van der Waals surface area contributed by atoms with Gasteiger partial charge in [0.25, 0.3) is 0 Å². The van der Waals surface area contributed by atoms with Gasteiger partial charge in [0, 0.05) is 20.8 Å². The van der Waals surface area contributed by atoms with E-state index in [-0.39, 0.29) is 37.5 Å². The van der Waals surface area contributed by atoms with Crippen LogP contribution in [0.5, 0.6) is 0 Å². The van der Waals surface area contributed by atoms with Crippen LogP contribution in [0.15, 0.2) is 91.0 Å². The fourth-order valence-electron chi connectivity index (χ4n) is 4.07. The lowest BCUT2D eigenvalue weighted by molar-refractivity contribution is -0.120. The third kappa shape index (κ3) is 10.9. The summed E-state index contributed by atoms with van der Waals surface area (Å²) in [7, 11) is -4.33. The molecule has 0 heterocycles. The Bertz CT molecular complexity index is 1150. The zero-order valence-corrected chi connectivity index (χ0v) is 24.2. The largest absolute Gasteiger partial charge is 0.475 e. The molecule has 3 rings (SSSR count). The fraction of sp³-hybridized carbons (Fsp3) is 0.300. The standard InChI is InChI=1S/C30H36N3O7P/c1-22(34)31-28(25-13-7-4-8-14-25)19-38-41(37,39-20-29(32-23(2)35)26-15-9-5-10-16-26)40-21-30(33-24(3)36)27-17-11-6-12-18-27/h4-18,28-30H,19-21H2,1-3H3,(H,31,34)(H,32,35)(H,33,36)/t28-,29-,30-/m0/s1. The Balaban J connectivity index is 1.85. The monoisotopic (exact) mass is 581 g/mol. The predicted octanol–water partition coefficient (Wildman–Crippen LogP) is 4.78. The molecule has 0 saturated carbocycles. The van der Waals surface area contributed by atoms with Gasteiger partial charge >= 0.3 is 7.82 Å². The summed E-state index contributed by atoms with van der Waals surface area (Å²) >= 11 is 0. The number of carbonyl (C=O) groups is 3. The molecule has 10 nitrogen and oxygen atoms in total. The van der Waals surface area contributed by atoms with Crippen molar-refractivity contribution in [1.82, 2.24) is 16.0 Å². The molecule has 41 heavy (non-hydrogen) atoms. The van der Waals surface area contributed by atoms with Crippen LogP contribution in [0.3, 0.4) is 0 Å². The number of hydrogen-bond donors (Lipinski definition) is 3. The Kier molecular flexibility index (Phi) is 12.2. The van der Waals surface area contributed by atoms with Crippen molar-refractivity contribution >= 4 is 25.5 Å². The number of phosphoric acid groups is 1. The molecule has 0 aliphatic heterocycles. The molecule has 0 aromatic heterocycles. The van der Waals surface area contributed by atoms with Gasteiger partial charge in [-0.2, -0.15) is 0 Å². The lowest BCUT2D eigenvalue weighted by atomic mass is 10.1. The third-order valence-electron chi connectivity index (χ3n) is 5.94. The Morgan fingerprint density at radius 3 is 1.00 bits per heavy atom. The molecule has 0 fully saturated rings. The molecular weight excluding hydrogens is 545 g/mol. The van der Waals surface area contributed by atoms with Crippen LogP contribution >= 0.6 is 7.82 Å². The fourth-order valence-corrected chi connectivity index (χ4v) is 5.28. The topological polar surface area (TPSA) is 132 Å². The summed E-state index contributed by atoms with van der Waals surface area (Å²) in [6.07, 6.45) is 0. The summed E-state index contributed by atoms with van der Waals surface area (Å²) in [5, 5.41) is 8.38. The minimum atomic E-state index is -4.33. The van der Waals surface area contributed by atoms with Gasteiger partial charge in [0.2, 0.25) is 17.7 Å². The van der Waals surface area contributed by atoms with E-state index in [1.165, 1.54) is 20.8 Å². The van der Waals surface area contributed by atoms with Crippen molar-refractivity contribution in [3.8, 4) is 0 Å². The van der Waals surface area contributed by atoms with Crippen molar-refractivity contribution in [1.29, 1.82) is 0 Å². The SMILES string of the molecule is CC(=O)N[C@@H](COP(=O)(OC[C@H](NC(C)=O)c1ccccc1)OC[C@H](NC(C)=O)c1ccccc1)c1ccccc1. The summed E-state index contributed by atoms with van der Waals surface area (Å²) in [5.74, 6) is -0.906. The van der Waals surface area contributed by atoms with Crippen LogP contribution in [0.1, 0.15) is 55.6 Å². The summed E-state index contributed by atoms with van der Waals surface area (Å²) in [6, 6.07) is 25.3. The minimum Gasteiger partial charge on any atom is -0.347 e. The number of benzene rings is 3. The molecule has 3 N–H and O–H groups in total. The number of nitrogens with one attached hydrogen (secondary N) is 3. The zero-order chi connectivity index (χ0) is 29.7. The van der Waals surface area contributed by atoms with Crippen LogP contribution in [-0.2, 0) is 32.5 Å². The first-order valence-electron chi connectivity index (χ1n) is 13.1. The molecule has 0 aliphatic carbocycles. The van der Waals surface area contributed by atoms with Crippen molar-refractivity contribution in [3.63, 3.8) is 0 Å². The molecule has 3 aromatic carbocycles. The maximum atomic E-state index is 14.1. The molecule has 0 radical (unpaired) electrons. The summed E-state index contributed by atoms with van der Waals surface area (Å²) in [6.45, 7) is 3.43. The summed E-state index contributed by atoms with van der Waals surface area (Å²) in [4.78, 5) is 35.8. The summed E-state index contributed by atoms with van der Waals surface area (Å²) in [5.41, 5.74) is 2.19. The van der Waals surface area contributed by atoms with E-state index in [1.807, 2.05) is 54.6 Å². The molecular formula is C30H36N3O7P. The van der Waals surface area contributed by atoms with E-state index in [0.717, 1.165) is 16.7 Å². The van der Waals surface area contributed by atoms with Gasteiger partial charge in [0.1, 0.15) is 0 Å². The van der Waals surface area contributed by atoms with Crippen LogP contribution in [0, 0.1) is 0 Å². The first-order chi connectivity index (χ1) is 19.6. The smallest absolute Gasteiger partial charge is 0.347 e. The normalized spacial score (nSPS) is 13.4. The van der Waals surface area contributed by atoms with Crippen molar-refractivity contribution in [2.75, 3.05) is 19.8 Å². The Morgan fingerprint density at radius 2 is 0.780 bits per heavy atom. The first-order valence-corrected chi connectivity index (χ1v) is 14.6. The maximum absolute atomic E-state index is 14.1. The lowest BCUT2D eigenvalue weighted by Gasteiger charge is -2.26. The maximum Gasteiger partial charge on any atom is 0.475 e. The van der Waals surface area contributed by atoms with Gasteiger partial charge < -0.3 is 16.0 Å². The van der Waals surface area contributed by atoms with Crippen LogP contribution in [-0.4, -0.2) is 37.5 Å². The van der Waals surface area contributed by atoms with Crippen LogP contribution in [0.25, 0.3) is 0 Å². The first kappa shape index (κ1) is 31.7. The van der Waals surface area contributed by atoms with Gasteiger partial charge in [0.15, 0.2) is 0 Å². The second-order valence-corrected chi connectivity index (χ2v) is 11.0. The Morgan fingerprint density at radius 1 is 0.537 bits per heavy atom. The highest BCUT2D eigenvalue weighted by Gasteiger charge is 2.32. The van der Waals surface area contributed by atoms with E-state index in [2.05, 4.69) is 16.0 Å². The second kappa shape index (κ2) is 15.8. The number of hydrogen-bond acceptors (Lipinski definition) is 7. The van der Waals surface area contributed by atoms with Crippen molar-refractivity contribution in [2.45, 2.75) is 38.9 Å². The minimum absolute atomic E-state index is 0.229. The van der Waals surface area contributed by atoms with Gasteiger partial charge in [-0.15, -0.1) is 0 Å². The average Bonchev–Trinajstić information content (AvgIpc) is 2.96. The number of carbonyl (C=O) groups excluding carboxylic acids is 3. The van der Waals surface area contributed by atoms with Crippen LogP contribution in [0.4, 0.5) is 0 Å². The van der Waals surface area contributed by atoms with E-state index >= 15 is 0 Å². The van der Waals surface area contributed by atoms with Gasteiger partial charge in [-0.25, -0.2) is 4.57 Å². The quantitative estimate of drug-likeness (QED) is 0.220. The highest BCUT2D eigenvalue weighted by Crippen LogP contribution is 2.51. The van der Waals surface area contributed by atoms with Crippen LogP contribution in [0.2, 0.25) is 0 Å². The van der Waals surface area contributed by atoms with E-state index in [0.29, 0.717) is 0 Å². The number of amides is 3. The molecule has 3 aromatic rings. The van der Waals surface area contributed by atoms with E-state index < -0.39 is 25.9 Å². The van der Waals surface area contributed by atoms with E-state index in [1.54, 1.807) is 36.4 Å². The number of phosphoric ester groups is 1. The molecule has 218 valence electrons. The highest BCUT2D eigenvalue weighted by molar-refractivity contribution is 7.48. The van der Waals surface area contributed by atoms with E-state index in [9.17, 15) is 18.9 Å². The Hall–Kier alpha value is -3.82. The van der Waals surface area contributed by atoms with Crippen molar-refractivity contribution in [2.24, 2.45) is 0 Å². The molecule has 3 atom stereocenters.